The Morgan fingerprint density at radius 1 is 0.245 bits per heavy atom. The number of hydrogen-bond acceptors (Lipinski definition) is 2. The zero-order chi connectivity index (χ0) is 38.1. The summed E-state index contributed by atoms with van der Waals surface area (Å²) in [6.45, 7) is 9.20. The highest BCUT2D eigenvalue weighted by Gasteiger charge is 2.14. The first-order chi connectivity index (χ1) is 26.3. The van der Waals surface area contributed by atoms with Crippen molar-refractivity contribution in [3.63, 3.8) is 0 Å². The predicted octanol–water partition coefficient (Wildman–Crippen LogP) is 17.9. The third kappa shape index (κ3) is 31.9. The first-order valence-electron chi connectivity index (χ1n) is 25.1. The number of nitrogens with zero attached hydrogens (tertiary/aromatic N) is 2. The largest absolute Gasteiger partial charge is 0.238 e. The quantitative estimate of drug-likeness (QED) is 0.0624. The number of hydrogen-bond donors (Lipinski definition) is 0. The molecule has 1 aromatic rings. The molecule has 0 saturated heterocycles. The van der Waals surface area contributed by atoms with Crippen LogP contribution in [0.2, 0.25) is 0 Å². The lowest BCUT2D eigenvalue weighted by atomic mass is 9.96. The van der Waals surface area contributed by atoms with Crippen molar-refractivity contribution in [3.05, 3.63) is 22.8 Å². The molecule has 53 heavy (non-hydrogen) atoms. The fourth-order valence-corrected chi connectivity index (χ4v) is 8.44. The van der Waals surface area contributed by atoms with Crippen molar-refractivity contribution >= 4 is 0 Å². The molecule has 0 unspecified atom stereocenters. The second kappa shape index (κ2) is 40.7. The predicted molar refractivity (Wildman–Crippen MR) is 240 cm³/mol. The van der Waals surface area contributed by atoms with Gasteiger partial charge in [-0.2, -0.15) is 0 Å². The van der Waals surface area contributed by atoms with E-state index in [0.29, 0.717) is 0 Å². The molecule has 0 aliphatic heterocycles. The van der Waals surface area contributed by atoms with Crippen molar-refractivity contribution in [1.29, 1.82) is 0 Å². The van der Waals surface area contributed by atoms with Crippen LogP contribution in [0.25, 0.3) is 0 Å². The van der Waals surface area contributed by atoms with Crippen LogP contribution in [0.1, 0.15) is 301 Å². The van der Waals surface area contributed by atoms with Crippen LogP contribution in [0.4, 0.5) is 0 Å². The van der Waals surface area contributed by atoms with E-state index >= 15 is 0 Å². The van der Waals surface area contributed by atoms with Crippen LogP contribution >= 0.6 is 0 Å². The maximum atomic E-state index is 5.23. The molecule has 312 valence electrons. The summed E-state index contributed by atoms with van der Waals surface area (Å²) in [4.78, 5) is 10.5. The number of aryl methyl sites for hydroxylation is 3. The SMILES string of the molecule is CCCCCCCCCCCCCCCc1nc(CC)nc(CCCCCCCCCCCCCCC)c1CCCCCCCCCCCCCCC. The van der Waals surface area contributed by atoms with Crippen LogP contribution in [0.15, 0.2) is 0 Å². The van der Waals surface area contributed by atoms with E-state index < -0.39 is 0 Å². The van der Waals surface area contributed by atoms with Gasteiger partial charge in [0.05, 0.1) is 0 Å². The highest BCUT2D eigenvalue weighted by molar-refractivity contribution is 5.27. The van der Waals surface area contributed by atoms with Gasteiger partial charge in [0.15, 0.2) is 0 Å². The molecule has 0 radical (unpaired) electrons. The molecule has 0 saturated carbocycles. The second-order valence-corrected chi connectivity index (χ2v) is 17.3. The molecule has 2 heteroatoms. The fourth-order valence-electron chi connectivity index (χ4n) is 8.44. The van der Waals surface area contributed by atoms with Gasteiger partial charge in [0.2, 0.25) is 0 Å². The summed E-state index contributed by atoms with van der Waals surface area (Å²) in [5.74, 6) is 1.11. The lowest BCUT2D eigenvalue weighted by Gasteiger charge is -2.16. The van der Waals surface area contributed by atoms with Crippen LogP contribution in [0.3, 0.4) is 0 Å². The van der Waals surface area contributed by atoms with Crippen molar-refractivity contribution in [3.8, 4) is 0 Å². The molecule has 0 aliphatic rings. The van der Waals surface area contributed by atoms with Crippen LogP contribution in [-0.2, 0) is 25.7 Å². The molecule has 0 atom stereocenters. The van der Waals surface area contributed by atoms with Crippen molar-refractivity contribution in [1.82, 2.24) is 9.97 Å². The van der Waals surface area contributed by atoms with E-state index in [2.05, 4.69) is 27.7 Å². The summed E-state index contributed by atoms with van der Waals surface area (Å²) in [5.41, 5.74) is 4.44. The van der Waals surface area contributed by atoms with Gasteiger partial charge in [-0.3, -0.25) is 0 Å². The third-order valence-electron chi connectivity index (χ3n) is 12.1. The van der Waals surface area contributed by atoms with Crippen LogP contribution < -0.4 is 0 Å². The molecule has 1 aromatic heterocycles. The summed E-state index contributed by atoms with van der Waals surface area (Å²) in [6.07, 6.45) is 60.0. The van der Waals surface area contributed by atoms with Crippen molar-refractivity contribution in [2.24, 2.45) is 0 Å². The minimum Gasteiger partial charge on any atom is -0.238 e. The summed E-state index contributed by atoms with van der Waals surface area (Å²) in [6, 6.07) is 0. The maximum Gasteiger partial charge on any atom is 0.128 e. The first-order valence-corrected chi connectivity index (χ1v) is 25.1. The molecule has 0 bridgehead atoms. The molecular weight excluding hydrogens is 641 g/mol. The van der Waals surface area contributed by atoms with Crippen molar-refractivity contribution in [2.75, 3.05) is 0 Å². The topological polar surface area (TPSA) is 25.8 Å². The van der Waals surface area contributed by atoms with Gasteiger partial charge in [0.25, 0.3) is 0 Å². The van der Waals surface area contributed by atoms with Crippen molar-refractivity contribution < 1.29 is 0 Å². The Bertz CT molecular complexity index is 811. The van der Waals surface area contributed by atoms with Crippen molar-refractivity contribution in [2.45, 2.75) is 304 Å². The van der Waals surface area contributed by atoms with E-state index in [1.54, 1.807) is 5.56 Å². The second-order valence-electron chi connectivity index (χ2n) is 17.3. The number of unbranched alkanes of at least 4 members (excludes halogenated alkanes) is 36. The average Bonchev–Trinajstić information content (AvgIpc) is 3.17. The zero-order valence-corrected chi connectivity index (χ0v) is 37.3. The Kier molecular flexibility index (Phi) is 38.5. The summed E-state index contributed by atoms with van der Waals surface area (Å²) in [7, 11) is 0. The average molecular weight is 739 g/mol. The maximum absolute atomic E-state index is 5.23. The van der Waals surface area contributed by atoms with Gasteiger partial charge in [-0.1, -0.05) is 259 Å². The standard InChI is InChI=1S/C51H98N2/c1-5-9-12-15-18-21-24-27-30-33-36-39-42-45-48-49(46-43-40-37-34-31-28-25-22-19-16-13-10-6-2)52-51(8-4)53-50(48)47-44-41-38-35-32-29-26-23-20-17-14-11-7-3/h5-47H2,1-4H3. The normalized spacial score (nSPS) is 11.6. The Balaban J connectivity index is 2.48. The molecule has 1 heterocycles. The minimum absolute atomic E-state index is 0.968. The van der Waals surface area contributed by atoms with Crippen LogP contribution in [-0.4, -0.2) is 9.97 Å². The molecule has 1 rings (SSSR count). The minimum atomic E-state index is 0.968. The Hall–Kier alpha value is -0.920. The third-order valence-corrected chi connectivity index (χ3v) is 12.1. The van der Waals surface area contributed by atoms with E-state index in [9.17, 15) is 0 Å². The van der Waals surface area contributed by atoms with Gasteiger partial charge in [0.1, 0.15) is 5.82 Å². The van der Waals surface area contributed by atoms with Gasteiger partial charge in [-0.05, 0) is 44.1 Å². The summed E-state index contributed by atoms with van der Waals surface area (Å²) < 4.78 is 0. The smallest absolute Gasteiger partial charge is 0.128 e. The van der Waals surface area contributed by atoms with E-state index in [1.165, 1.54) is 281 Å². The van der Waals surface area contributed by atoms with Gasteiger partial charge >= 0.3 is 0 Å². The molecule has 2 nitrogen and oxygen atoms in total. The van der Waals surface area contributed by atoms with Crippen LogP contribution in [0.5, 0.6) is 0 Å². The molecular formula is C51H98N2. The summed E-state index contributed by atoms with van der Waals surface area (Å²) in [5, 5.41) is 0. The number of rotatable bonds is 43. The molecule has 0 fully saturated rings. The highest BCUT2D eigenvalue weighted by atomic mass is 14.9. The fraction of sp³-hybridized carbons (Fsp3) is 0.922. The molecule has 0 aromatic carbocycles. The van der Waals surface area contributed by atoms with E-state index in [-0.39, 0.29) is 0 Å². The zero-order valence-electron chi connectivity index (χ0n) is 37.3. The van der Waals surface area contributed by atoms with Gasteiger partial charge in [0, 0.05) is 17.8 Å². The Morgan fingerprint density at radius 3 is 0.679 bits per heavy atom. The molecule has 0 aliphatic carbocycles. The summed E-state index contributed by atoms with van der Waals surface area (Å²) >= 11 is 0. The molecule has 0 amide bonds. The first kappa shape index (κ1) is 50.1. The molecule has 0 N–H and O–H groups in total. The monoisotopic (exact) mass is 739 g/mol. The van der Waals surface area contributed by atoms with Gasteiger partial charge < -0.3 is 0 Å². The van der Waals surface area contributed by atoms with E-state index in [1.807, 2.05) is 0 Å². The molecule has 0 spiro atoms. The Morgan fingerprint density at radius 2 is 0.453 bits per heavy atom. The van der Waals surface area contributed by atoms with E-state index in [4.69, 9.17) is 9.97 Å². The lowest BCUT2D eigenvalue weighted by Crippen LogP contribution is -2.11. The lowest BCUT2D eigenvalue weighted by molar-refractivity contribution is 0.534. The Labute approximate surface area is 335 Å². The van der Waals surface area contributed by atoms with Crippen LogP contribution in [0, 0.1) is 0 Å². The van der Waals surface area contributed by atoms with Gasteiger partial charge in [-0.25, -0.2) is 9.97 Å². The van der Waals surface area contributed by atoms with E-state index in [0.717, 1.165) is 12.2 Å². The number of aromatic nitrogens is 2. The highest BCUT2D eigenvalue weighted by Crippen LogP contribution is 2.23. The van der Waals surface area contributed by atoms with Gasteiger partial charge in [-0.15, -0.1) is 0 Å².